The monoisotopic (exact) mass is 246 g/mol. The number of hydrogen-bond acceptors (Lipinski definition) is 5. The van der Waals surface area contributed by atoms with Crippen molar-refractivity contribution in [3.8, 4) is 0 Å². The second kappa shape index (κ2) is 5.27. The standard InChI is InChI=1S/C13H18N4O/c1-9(2)12-15-13(18-16-12)11(17(3)4)10-6-5-7-14-8-10/h5-9,11H,1-4H3. The number of hydrogen-bond donors (Lipinski definition) is 0. The van der Waals surface area contributed by atoms with Crippen molar-refractivity contribution in [1.82, 2.24) is 20.0 Å². The molecule has 0 saturated heterocycles. The fourth-order valence-electron chi connectivity index (χ4n) is 1.79. The van der Waals surface area contributed by atoms with Crippen molar-refractivity contribution in [3.63, 3.8) is 0 Å². The molecule has 0 fully saturated rings. The lowest BCUT2D eigenvalue weighted by Gasteiger charge is -2.20. The van der Waals surface area contributed by atoms with Gasteiger partial charge in [-0.15, -0.1) is 0 Å². The van der Waals surface area contributed by atoms with Crippen molar-refractivity contribution in [2.24, 2.45) is 0 Å². The van der Waals surface area contributed by atoms with Gasteiger partial charge in [0.2, 0.25) is 5.89 Å². The average Bonchev–Trinajstić information content (AvgIpc) is 2.79. The van der Waals surface area contributed by atoms with E-state index in [1.165, 1.54) is 0 Å². The van der Waals surface area contributed by atoms with Gasteiger partial charge in [-0.2, -0.15) is 4.98 Å². The molecule has 0 radical (unpaired) electrons. The van der Waals surface area contributed by atoms with E-state index in [2.05, 4.69) is 15.1 Å². The Morgan fingerprint density at radius 2 is 2.06 bits per heavy atom. The lowest BCUT2D eigenvalue weighted by atomic mass is 10.1. The zero-order valence-electron chi connectivity index (χ0n) is 11.2. The van der Waals surface area contributed by atoms with E-state index in [9.17, 15) is 0 Å². The molecule has 0 N–H and O–H groups in total. The maximum Gasteiger partial charge on any atom is 0.248 e. The highest BCUT2D eigenvalue weighted by atomic mass is 16.5. The summed E-state index contributed by atoms with van der Waals surface area (Å²) in [6, 6.07) is 3.86. The molecule has 2 heterocycles. The number of nitrogens with zero attached hydrogens (tertiary/aromatic N) is 4. The van der Waals surface area contributed by atoms with Crippen LogP contribution in [0.1, 0.15) is 43.1 Å². The molecule has 1 unspecified atom stereocenters. The Hall–Kier alpha value is -1.75. The molecular formula is C13H18N4O. The Morgan fingerprint density at radius 1 is 1.28 bits per heavy atom. The van der Waals surface area contributed by atoms with Gasteiger partial charge in [-0.25, -0.2) is 0 Å². The molecule has 2 aromatic heterocycles. The lowest BCUT2D eigenvalue weighted by Crippen LogP contribution is -2.21. The van der Waals surface area contributed by atoms with Gasteiger partial charge < -0.3 is 4.52 Å². The van der Waals surface area contributed by atoms with Gasteiger partial charge in [0.1, 0.15) is 6.04 Å². The third-order valence-electron chi connectivity index (χ3n) is 2.72. The first-order valence-corrected chi connectivity index (χ1v) is 5.99. The van der Waals surface area contributed by atoms with Crippen molar-refractivity contribution in [2.75, 3.05) is 14.1 Å². The summed E-state index contributed by atoms with van der Waals surface area (Å²) in [4.78, 5) is 10.6. The predicted molar refractivity (Wildman–Crippen MR) is 68.2 cm³/mol. The summed E-state index contributed by atoms with van der Waals surface area (Å²) >= 11 is 0. The maximum atomic E-state index is 5.37. The molecule has 0 aliphatic heterocycles. The average molecular weight is 246 g/mol. The Balaban J connectivity index is 2.36. The van der Waals surface area contributed by atoms with Gasteiger partial charge in [0.25, 0.3) is 0 Å². The first-order valence-electron chi connectivity index (χ1n) is 5.99. The van der Waals surface area contributed by atoms with E-state index in [1.807, 2.05) is 51.2 Å². The van der Waals surface area contributed by atoms with Crippen molar-refractivity contribution >= 4 is 0 Å². The predicted octanol–water partition coefficient (Wildman–Crippen LogP) is 2.24. The van der Waals surface area contributed by atoms with Crippen LogP contribution in [0, 0.1) is 0 Å². The minimum Gasteiger partial charge on any atom is -0.337 e. The quantitative estimate of drug-likeness (QED) is 0.828. The van der Waals surface area contributed by atoms with Gasteiger partial charge in [0, 0.05) is 18.3 Å². The molecule has 0 aliphatic rings. The van der Waals surface area contributed by atoms with Crippen LogP contribution >= 0.6 is 0 Å². The summed E-state index contributed by atoms with van der Waals surface area (Å²) in [5.41, 5.74) is 1.04. The van der Waals surface area contributed by atoms with Crippen molar-refractivity contribution in [1.29, 1.82) is 0 Å². The second-order valence-electron chi connectivity index (χ2n) is 4.80. The largest absolute Gasteiger partial charge is 0.337 e. The number of pyridine rings is 1. The smallest absolute Gasteiger partial charge is 0.248 e. The molecule has 5 heteroatoms. The highest BCUT2D eigenvalue weighted by molar-refractivity contribution is 5.20. The molecule has 0 aromatic carbocycles. The van der Waals surface area contributed by atoms with Gasteiger partial charge in [-0.3, -0.25) is 9.88 Å². The summed E-state index contributed by atoms with van der Waals surface area (Å²) in [7, 11) is 3.97. The fraction of sp³-hybridized carbons (Fsp3) is 0.462. The van der Waals surface area contributed by atoms with E-state index in [-0.39, 0.29) is 12.0 Å². The Labute approximate surface area is 107 Å². The number of aromatic nitrogens is 3. The van der Waals surface area contributed by atoms with E-state index in [0.717, 1.165) is 11.4 Å². The van der Waals surface area contributed by atoms with Crippen LogP contribution in [0.3, 0.4) is 0 Å². The lowest BCUT2D eigenvalue weighted by molar-refractivity contribution is 0.260. The van der Waals surface area contributed by atoms with Crippen molar-refractivity contribution < 1.29 is 4.52 Å². The number of rotatable bonds is 4. The molecule has 18 heavy (non-hydrogen) atoms. The van der Waals surface area contributed by atoms with Crippen LogP contribution in [0.5, 0.6) is 0 Å². The van der Waals surface area contributed by atoms with E-state index in [4.69, 9.17) is 4.52 Å². The molecule has 2 aromatic rings. The zero-order valence-corrected chi connectivity index (χ0v) is 11.2. The molecule has 0 saturated carbocycles. The summed E-state index contributed by atoms with van der Waals surface area (Å²) in [5, 5.41) is 4.01. The molecule has 0 amide bonds. The summed E-state index contributed by atoms with van der Waals surface area (Å²) in [6.45, 7) is 4.09. The van der Waals surface area contributed by atoms with E-state index in [1.54, 1.807) is 6.20 Å². The van der Waals surface area contributed by atoms with Gasteiger partial charge in [-0.05, 0) is 25.7 Å². The topological polar surface area (TPSA) is 55.1 Å². The van der Waals surface area contributed by atoms with Crippen molar-refractivity contribution in [2.45, 2.75) is 25.8 Å². The highest BCUT2D eigenvalue weighted by Crippen LogP contribution is 2.25. The van der Waals surface area contributed by atoms with Crippen LogP contribution in [-0.4, -0.2) is 34.1 Å². The van der Waals surface area contributed by atoms with Gasteiger partial charge in [0.05, 0.1) is 0 Å². The van der Waals surface area contributed by atoms with Crippen LogP contribution < -0.4 is 0 Å². The zero-order chi connectivity index (χ0) is 13.1. The van der Waals surface area contributed by atoms with E-state index >= 15 is 0 Å². The fourth-order valence-corrected chi connectivity index (χ4v) is 1.79. The van der Waals surface area contributed by atoms with Gasteiger partial charge in [0.15, 0.2) is 5.82 Å². The van der Waals surface area contributed by atoms with Crippen LogP contribution in [0.2, 0.25) is 0 Å². The Kier molecular flexibility index (Phi) is 3.72. The Morgan fingerprint density at radius 3 is 2.56 bits per heavy atom. The van der Waals surface area contributed by atoms with Gasteiger partial charge >= 0.3 is 0 Å². The summed E-state index contributed by atoms with van der Waals surface area (Å²) < 4.78 is 5.37. The summed E-state index contributed by atoms with van der Waals surface area (Å²) in [5.74, 6) is 1.61. The van der Waals surface area contributed by atoms with Crippen LogP contribution in [0.25, 0.3) is 0 Å². The summed E-state index contributed by atoms with van der Waals surface area (Å²) in [6.07, 6.45) is 3.58. The first-order chi connectivity index (χ1) is 8.59. The molecular weight excluding hydrogens is 228 g/mol. The minimum atomic E-state index is -0.0568. The Bertz CT molecular complexity index is 493. The SMILES string of the molecule is CC(C)c1noc(C(c2cccnc2)N(C)C)n1. The molecule has 5 nitrogen and oxygen atoms in total. The second-order valence-corrected chi connectivity index (χ2v) is 4.80. The van der Waals surface area contributed by atoms with E-state index < -0.39 is 0 Å². The normalized spacial score (nSPS) is 13.2. The molecule has 0 bridgehead atoms. The van der Waals surface area contributed by atoms with Crippen LogP contribution in [0.4, 0.5) is 0 Å². The maximum absolute atomic E-state index is 5.37. The van der Waals surface area contributed by atoms with Crippen molar-refractivity contribution in [3.05, 3.63) is 41.8 Å². The molecule has 0 spiro atoms. The third kappa shape index (κ3) is 2.56. The van der Waals surface area contributed by atoms with Gasteiger partial charge in [-0.1, -0.05) is 25.1 Å². The molecule has 96 valence electrons. The minimum absolute atomic E-state index is 0.0568. The van der Waals surface area contributed by atoms with Crippen LogP contribution in [-0.2, 0) is 0 Å². The third-order valence-corrected chi connectivity index (χ3v) is 2.72. The first kappa shape index (κ1) is 12.7. The molecule has 2 rings (SSSR count). The molecule has 0 aliphatic carbocycles. The molecule has 1 atom stereocenters. The highest BCUT2D eigenvalue weighted by Gasteiger charge is 2.23. The van der Waals surface area contributed by atoms with E-state index in [0.29, 0.717) is 5.89 Å². The van der Waals surface area contributed by atoms with Crippen LogP contribution in [0.15, 0.2) is 29.0 Å².